The van der Waals surface area contributed by atoms with Crippen LogP contribution in [0.3, 0.4) is 0 Å². The van der Waals surface area contributed by atoms with Gasteiger partial charge in [-0.3, -0.25) is 9.69 Å². The summed E-state index contributed by atoms with van der Waals surface area (Å²) in [7, 11) is 1.20. The van der Waals surface area contributed by atoms with Crippen molar-refractivity contribution >= 4 is 56.6 Å². The minimum atomic E-state index is -4.98. The van der Waals surface area contributed by atoms with Gasteiger partial charge in [-0.05, 0) is 51.8 Å². The molecule has 5 rings (SSSR count). The molecule has 2 aliphatic rings. The summed E-state index contributed by atoms with van der Waals surface area (Å²) in [6.07, 6.45) is -2.67. The number of methoxy groups -OCH3 is 1. The summed E-state index contributed by atoms with van der Waals surface area (Å²) < 4.78 is 53.6. The summed E-state index contributed by atoms with van der Waals surface area (Å²) in [5, 5.41) is 6.12. The standard InChI is InChI=1S/C27H28F3N5O6S/c1-26(2,3)41-25(38)34-11-5-6-14(13-34)32-22(36)21-20-19-16(9-10-31-23(19)42-21)35(24(37)33-20)15-7-8-17(39-4)18(12-15)40-27(28,29)30/h7-10,12,14H,5-6,11,13H2,1-4H3,(H,32,36)(H,33,37)/t14-/m1/s1. The van der Waals surface area contributed by atoms with Crippen LogP contribution in [-0.4, -0.2) is 66.1 Å². The summed E-state index contributed by atoms with van der Waals surface area (Å²) in [4.78, 5) is 47.1. The van der Waals surface area contributed by atoms with E-state index in [-0.39, 0.29) is 34.6 Å². The van der Waals surface area contributed by atoms with Crippen molar-refractivity contribution in [3.8, 4) is 11.5 Å². The Hall–Kier alpha value is -4.27. The van der Waals surface area contributed by atoms with E-state index in [9.17, 15) is 27.6 Å². The molecule has 0 spiro atoms. The SMILES string of the molecule is COc1ccc(N2C(=O)Nc3c(C(=O)N[C@@H]4CCCN(C(=O)OC(C)(C)C)C4)sc4nccc2c34)cc1OC(F)(F)F. The topological polar surface area (TPSA) is 122 Å². The Kier molecular flexibility index (Phi) is 7.55. The highest BCUT2D eigenvalue weighted by molar-refractivity contribution is 7.21. The van der Waals surface area contributed by atoms with Crippen molar-refractivity contribution in [3.05, 3.63) is 35.3 Å². The lowest BCUT2D eigenvalue weighted by Crippen LogP contribution is -2.50. The molecule has 3 aromatic rings. The van der Waals surface area contributed by atoms with Crippen LogP contribution in [-0.2, 0) is 4.74 Å². The fourth-order valence-corrected chi connectivity index (χ4v) is 5.87. The van der Waals surface area contributed by atoms with Crippen molar-refractivity contribution in [1.82, 2.24) is 15.2 Å². The third-order valence-electron chi connectivity index (χ3n) is 6.49. The van der Waals surface area contributed by atoms with Gasteiger partial charge in [0.25, 0.3) is 5.91 Å². The average Bonchev–Trinajstić information content (AvgIpc) is 3.26. The van der Waals surface area contributed by atoms with Gasteiger partial charge in [-0.25, -0.2) is 14.6 Å². The molecule has 11 nitrogen and oxygen atoms in total. The third-order valence-corrected chi connectivity index (χ3v) is 7.59. The number of pyridine rings is 1. The molecule has 224 valence electrons. The van der Waals surface area contributed by atoms with E-state index in [1.165, 1.54) is 36.4 Å². The molecule has 0 aliphatic carbocycles. The summed E-state index contributed by atoms with van der Waals surface area (Å²) in [5.74, 6) is -1.24. The van der Waals surface area contributed by atoms with Crippen LogP contribution in [0, 0.1) is 0 Å². The van der Waals surface area contributed by atoms with Crippen molar-refractivity contribution in [2.75, 3.05) is 30.4 Å². The molecule has 4 amide bonds. The molecule has 42 heavy (non-hydrogen) atoms. The average molecular weight is 608 g/mol. The number of anilines is 3. The lowest BCUT2D eigenvalue weighted by molar-refractivity contribution is -0.275. The summed E-state index contributed by atoms with van der Waals surface area (Å²) in [5.41, 5.74) is -0.00190. The fourth-order valence-electron chi connectivity index (χ4n) is 4.85. The van der Waals surface area contributed by atoms with Gasteiger partial charge in [-0.1, -0.05) is 0 Å². The lowest BCUT2D eigenvalue weighted by Gasteiger charge is -2.34. The number of rotatable bonds is 5. The normalized spacial score (nSPS) is 17.1. The van der Waals surface area contributed by atoms with Gasteiger partial charge in [0.1, 0.15) is 15.3 Å². The molecule has 2 aromatic heterocycles. The van der Waals surface area contributed by atoms with Gasteiger partial charge < -0.3 is 29.7 Å². The van der Waals surface area contributed by atoms with E-state index < -0.39 is 35.7 Å². The molecule has 1 atom stereocenters. The molecule has 2 aliphatic heterocycles. The van der Waals surface area contributed by atoms with Crippen LogP contribution in [0.2, 0.25) is 0 Å². The minimum absolute atomic E-state index is 0.0762. The lowest BCUT2D eigenvalue weighted by atomic mass is 10.1. The number of piperidine rings is 1. The molecular formula is C27H28F3N5O6S. The first-order valence-electron chi connectivity index (χ1n) is 13.0. The number of likely N-dealkylation sites (tertiary alicyclic amines) is 1. The number of urea groups is 1. The van der Waals surface area contributed by atoms with Crippen molar-refractivity contribution in [2.24, 2.45) is 0 Å². The van der Waals surface area contributed by atoms with Crippen molar-refractivity contribution in [2.45, 2.75) is 51.6 Å². The van der Waals surface area contributed by atoms with E-state index in [4.69, 9.17) is 9.47 Å². The molecular weight excluding hydrogens is 579 g/mol. The van der Waals surface area contributed by atoms with E-state index in [2.05, 4.69) is 20.4 Å². The zero-order valence-corrected chi connectivity index (χ0v) is 23.9. The Morgan fingerprint density at radius 1 is 1.17 bits per heavy atom. The van der Waals surface area contributed by atoms with E-state index in [0.29, 0.717) is 35.3 Å². The zero-order chi connectivity index (χ0) is 30.4. The number of aromatic nitrogens is 1. The van der Waals surface area contributed by atoms with Gasteiger partial charge in [-0.15, -0.1) is 24.5 Å². The highest BCUT2D eigenvalue weighted by atomic mass is 32.1. The van der Waals surface area contributed by atoms with E-state index in [0.717, 1.165) is 17.4 Å². The number of ether oxygens (including phenoxy) is 3. The number of alkyl halides is 3. The molecule has 0 unspecified atom stereocenters. The van der Waals surface area contributed by atoms with Crippen molar-refractivity contribution < 1.29 is 41.8 Å². The van der Waals surface area contributed by atoms with Crippen LogP contribution < -0.4 is 25.0 Å². The van der Waals surface area contributed by atoms with Crippen LogP contribution in [0.25, 0.3) is 10.2 Å². The second-order valence-corrected chi connectivity index (χ2v) is 11.7. The molecule has 0 saturated carbocycles. The molecule has 1 fully saturated rings. The summed E-state index contributed by atoms with van der Waals surface area (Å²) in [6, 6.07) is 4.22. The van der Waals surface area contributed by atoms with Crippen LogP contribution in [0.1, 0.15) is 43.3 Å². The molecule has 1 aromatic carbocycles. The maximum Gasteiger partial charge on any atom is 0.573 e. The van der Waals surface area contributed by atoms with Gasteiger partial charge in [0, 0.05) is 31.4 Å². The first-order valence-corrected chi connectivity index (χ1v) is 13.8. The Bertz CT molecular complexity index is 1550. The summed E-state index contributed by atoms with van der Waals surface area (Å²) >= 11 is 1.07. The van der Waals surface area contributed by atoms with Gasteiger partial charge in [0.05, 0.1) is 29.6 Å². The first-order chi connectivity index (χ1) is 19.7. The number of hydrogen-bond donors (Lipinski definition) is 2. The molecule has 1 saturated heterocycles. The predicted octanol–water partition coefficient (Wildman–Crippen LogP) is 6.02. The number of nitrogens with one attached hydrogen (secondary N) is 2. The number of carbonyl (C=O) groups excluding carboxylic acids is 3. The van der Waals surface area contributed by atoms with Gasteiger partial charge >= 0.3 is 18.5 Å². The number of carbonyl (C=O) groups is 3. The predicted molar refractivity (Wildman–Crippen MR) is 149 cm³/mol. The fraction of sp³-hybridized carbons (Fsp3) is 0.407. The quantitative estimate of drug-likeness (QED) is 0.364. The van der Waals surface area contributed by atoms with Crippen LogP contribution >= 0.6 is 11.3 Å². The van der Waals surface area contributed by atoms with Gasteiger partial charge in [0.15, 0.2) is 11.5 Å². The highest BCUT2D eigenvalue weighted by Crippen LogP contribution is 2.47. The molecule has 15 heteroatoms. The van der Waals surface area contributed by atoms with Crippen LogP contribution in [0.4, 0.5) is 39.8 Å². The highest BCUT2D eigenvalue weighted by Gasteiger charge is 2.36. The zero-order valence-electron chi connectivity index (χ0n) is 23.1. The number of nitrogens with zero attached hydrogens (tertiary/aromatic N) is 3. The summed E-state index contributed by atoms with van der Waals surface area (Å²) in [6.45, 7) is 6.12. The first kappa shape index (κ1) is 29.2. The monoisotopic (exact) mass is 607 g/mol. The van der Waals surface area contributed by atoms with Crippen LogP contribution in [0.15, 0.2) is 30.5 Å². The molecule has 0 radical (unpaired) electrons. The molecule has 4 heterocycles. The van der Waals surface area contributed by atoms with E-state index in [1.807, 2.05) is 0 Å². The second kappa shape index (κ2) is 10.9. The molecule has 2 N–H and O–H groups in total. The second-order valence-electron chi connectivity index (χ2n) is 10.7. The van der Waals surface area contributed by atoms with Crippen molar-refractivity contribution in [3.63, 3.8) is 0 Å². The number of amides is 4. The smallest absolute Gasteiger partial charge is 0.493 e. The van der Waals surface area contributed by atoms with Crippen molar-refractivity contribution in [1.29, 1.82) is 0 Å². The minimum Gasteiger partial charge on any atom is -0.493 e. The number of halogens is 3. The third kappa shape index (κ3) is 6.00. The van der Waals surface area contributed by atoms with Gasteiger partial charge in [-0.2, -0.15) is 0 Å². The molecule has 0 bridgehead atoms. The Labute approximate surface area is 242 Å². The number of thiophene rings is 1. The Balaban J connectivity index is 1.43. The maximum absolute atomic E-state index is 13.4. The van der Waals surface area contributed by atoms with E-state index in [1.54, 1.807) is 25.7 Å². The Morgan fingerprint density at radius 2 is 1.93 bits per heavy atom. The number of hydrogen-bond acceptors (Lipinski definition) is 8. The number of benzene rings is 1. The maximum atomic E-state index is 13.4. The van der Waals surface area contributed by atoms with Gasteiger partial charge in [0.2, 0.25) is 0 Å². The van der Waals surface area contributed by atoms with Crippen LogP contribution in [0.5, 0.6) is 11.5 Å². The Morgan fingerprint density at radius 3 is 2.62 bits per heavy atom. The van der Waals surface area contributed by atoms with E-state index >= 15 is 0 Å². The largest absolute Gasteiger partial charge is 0.573 e.